The highest BCUT2D eigenvalue weighted by molar-refractivity contribution is 5.92. The number of nitrogens with one attached hydrogen (secondary N) is 1. The minimum atomic E-state index is -0.297. The summed E-state index contributed by atoms with van der Waals surface area (Å²) in [6.45, 7) is 4.27. The molecule has 0 bridgehead atoms. The van der Waals surface area contributed by atoms with Gasteiger partial charge in [-0.15, -0.1) is 0 Å². The third kappa shape index (κ3) is 3.83. The highest BCUT2D eigenvalue weighted by atomic mass is 16.1. The molecule has 1 aliphatic carbocycles. The van der Waals surface area contributed by atoms with Crippen molar-refractivity contribution in [1.29, 1.82) is 0 Å². The topological polar surface area (TPSA) is 55.1 Å². The largest absolute Gasteiger partial charge is 0.326 e. The number of benzene rings is 1. The third-order valence-corrected chi connectivity index (χ3v) is 4.22. The number of carbonyl (C=O) groups excluding carboxylic acids is 1. The van der Waals surface area contributed by atoms with E-state index in [0.29, 0.717) is 12.3 Å². The van der Waals surface area contributed by atoms with E-state index in [1.807, 2.05) is 18.2 Å². The van der Waals surface area contributed by atoms with Gasteiger partial charge >= 0.3 is 0 Å². The molecule has 3 heteroatoms. The Morgan fingerprint density at radius 3 is 2.55 bits per heavy atom. The van der Waals surface area contributed by atoms with Crippen molar-refractivity contribution in [3.63, 3.8) is 0 Å². The molecule has 3 nitrogen and oxygen atoms in total. The fourth-order valence-corrected chi connectivity index (χ4v) is 3.06. The first-order chi connectivity index (χ1) is 9.50. The molecular formula is C17H26N2O. The first-order valence-electron chi connectivity index (χ1n) is 7.68. The zero-order valence-corrected chi connectivity index (χ0v) is 12.6. The number of hydrogen-bond acceptors (Lipinski definition) is 2. The average Bonchev–Trinajstić information content (AvgIpc) is 2.39. The van der Waals surface area contributed by atoms with Crippen molar-refractivity contribution in [2.24, 2.45) is 5.73 Å². The lowest BCUT2D eigenvalue weighted by Crippen LogP contribution is -2.44. The summed E-state index contributed by atoms with van der Waals surface area (Å²) in [5.74, 6) is 0.440. The van der Waals surface area contributed by atoms with Crippen molar-refractivity contribution < 1.29 is 4.79 Å². The molecule has 0 radical (unpaired) electrons. The van der Waals surface area contributed by atoms with Crippen LogP contribution >= 0.6 is 0 Å². The van der Waals surface area contributed by atoms with Crippen molar-refractivity contribution in [3.8, 4) is 0 Å². The standard InChI is InChI=1S/C17H26N2O/c1-13(2)14-8-4-5-9-15(14)19-16(20)12-17(18)10-6-3-7-11-17/h4-5,8-9,13H,3,6-7,10-12,18H2,1-2H3,(H,19,20). The predicted octanol–water partition coefficient (Wildman–Crippen LogP) is 3.80. The summed E-state index contributed by atoms with van der Waals surface area (Å²) in [6, 6.07) is 8.01. The maximum atomic E-state index is 12.3. The fraction of sp³-hybridized carbons (Fsp3) is 0.588. The Morgan fingerprint density at radius 1 is 1.25 bits per heavy atom. The van der Waals surface area contributed by atoms with Crippen molar-refractivity contribution in [2.75, 3.05) is 5.32 Å². The Labute approximate surface area is 121 Å². The second-order valence-corrected chi connectivity index (χ2v) is 6.39. The highest BCUT2D eigenvalue weighted by Gasteiger charge is 2.30. The second kappa shape index (κ2) is 6.40. The van der Waals surface area contributed by atoms with E-state index in [-0.39, 0.29) is 11.4 Å². The van der Waals surface area contributed by atoms with Crippen molar-refractivity contribution >= 4 is 11.6 Å². The number of anilines is 1. The van der Waals surface area contributed by atoms with Gasteiger partial charge in [0.15, 0.2) is 0 Å². The van der Waals surface area contributed by atoms with Crippen LogP contribution in [-0.4, -0.2) is 11.4 Å². The molecule has 0 atom stereocenters. The van der Waals surface area contributed by atoms with Crippen LogP contribution in [0.5, 0.6) is 0 Å². The van der Waals surface area contributed by atoms with Gasteiger partial charge in [0.1, 0.15) is 0 Å². The molecule has 1 fully saturated rings. The van der Waals surface area contributed by atoms with Gasteiger partial charge in [-0.2, -0.15) is 0 Å². The average molecular weight is 274 g/mol. The first kappa shape index (κ1) is 15.0. The highest BCUT2D eigenvalue weighted by Crippen LogP contribution is 2.30. The molecule has 3 N–H and O–H groups in total. The molecule has 1 aromatic carbocycles. The lowest BCUT2D eigenvalue weighted by Gasteiger charge is -2.32. The summed E-state index contributed by atoms with van der Waals surface area (Å²) in [6.07, 6.45) is 5.90. The van der Waals surface area contributed by atoms with Gasteiger partial charge in [-0.3, -0.25) is 4.79 Å². The summed E-state index contributed by atoms with van der Waals surface area (Å²) in [4.78, 5) is 12.3. The van der Waals surface area contributed by atoms with Gasteiger partial charge in [-0.05, 0) is 30.4 Å². The predicted molar refractivity (Wildman–Crippen MR) is 83.8 cm³/mol. The van der Waals surface area contributed by atoms with E-state index in [4.69, 9.17) is 5.73 Å². The molecule has 0 spiro atoms. The second-order valence-electron chi connectivity index (χ2n) is 6.39. The van der Waals surface area contributed by atoms with Crippen molar-refractivity contribution in [3.05, 3.63) is 29.8 Å². The number of para-hydroxylation sites is 1. The van der Waals surface area contributed by atoms with Gasteiger partial charge in [0.2, 0.25) is 5.91 Å². The molecule has 1 aromatic rings. The number of nitrogens with two attached hydrogens (primary N) is 1. The molecule has 0 aliphatic heterocycles. The smallest absolute Gasteiger partial charge is 0.226 e. The molecule has 20 heavy (non-hydrogen) atoms. The van der Waals surface area contributed by atoms with Crippen LogP contribution in [0.3, 0.4) is 0 Å². The summed E-state index contributed by atoms with van der Waals surface area (Å²) in [5.41, 5.74) is 8.15. The SMILES string of the molecule is CC(C)c1ccccc1NC(=O)CC1(N)CCCCC1. The Hall–Kier alpha value is -1.35. The normalized spacial score (nSPS) is 18.0. The summed E-state index contributed by atoms with van der Waals surface area (Å²) in [5, 5.41) is 3.05. The lowest BCUT2D eigenvalue weighted by molar-refractivity contribution is -0.117. The van der Waals surface area contributed by atoms with Gasteiger partial charge in [0, 0.05) is 17.6 Å². The molecule has 0 aromatic heterocycles. The third-order valence-electron chi connectivity index (χ3n) is 4.22. The van der Waals surface area contributed by atoms with E-state index in [1.165, 1.54) is 12.0 Å². The van der Waals surface area contributed by atoms with E-state index in [2.05, 4.69) is 25.2 Å². The summed E-state index contributed by atoms with van der Waals surface area (Å²) < 4.78 is 0. The molecule has 110 valence electrons. The minimum absolute atomic E-state index is 0.0440. The number of hydrogen-bond donors (Lipinski definition) is 2. The quantitative estimate of drug-likeness (QED) is 0.877. The minimum Gasteiger partial charge on any atom is -0.326 e. The van der Waals surface area contributed by atoms with E-state index < -0.39 is 0 Å². The summed E-state index contributed by atoms with van der Waals surface area (Å²) >= 11 is 0. The number of rotatable bonds is 4. The van der Waals surface area contributed by atoms with Crippen LogP contribution in [0.2, 0.25) is 0 Å². The van der Waals surface area contributed by atoms with Gasteiger partial charge in [0.05, 0.1) is 0 Å². The van der Waals surface area contributed by atoms with Crippen molar-refractivity contribution in [2.45, 2.75) is 63.8 Å². The zero-order chi connectivity index (χ0) is 14.6. The molecule has 0 heterocycles. The van der Waals surface area contributed by atoms with Crippen LogP contribution in [0.1, 0.15) is 63.9 Å². The molecule has 0 unspecified atom stereocenters. The van der Waals surface area contributed by atoms with E-state index in [9.17, 15) is 4.79 Å². The van der Waals surface area contributed by atoms with Crippen LogP contribution in [0.25, 0.3) is 0 Å². The fourth-order valence-electron chi connectivity index (χ4n) is 3.06. The Balaban J connectivity index is 2.01. The number of amides is 1. The van der Waals surface area contributed by atoms with E-state index >= 15 is 0 Å². The van der Waals surface area contributed by atoms with Crippen LogP contribution in [0.15, 0.2) is 24.3 Å². The van der Waals surface area contributed by atoms with Crippen molar-refractivity contribution in [1.82, 2.24) is 0 Å². The zero-order valence-electron chi connectivity index (χ0n) is 12.6. The molecular weight excluding hydrogens is 248 g/mol. The summed E-state index contributed by atoms with van der Waals surface area (Å²) in [7, 11) is 0. The van der Waals surface area contributed by atoms with E-state index in [0.717, 1.165) is 31.4 Å². The Kier molecular flexibility index (Phi) is 4.81. The van der Waals surface area contributed by atoms with Gasteiger partial charge in [-0.25, -0.2) is 0 Å². The number of carbonyl (C=O) groups is 1. The molecule has 1 saturated carbocycles. The molecule has 2 rings (SSSR count). The maximum absolute atomic E-state index is 12.3. The molecule has 1 aliphatic rings. The van der Waals surface area contributed by atoms with Gasteiger partial charge in [0.25, 0.3) is 0 Å². The maximum Gasteiger partial charge on any atom is 0.226 e. The Morgan fingerprint density at radius 2 is 1.90 bits per heavy atom. The molecule has 1 amide bonds. The van der Waals surface area contributed by atoms with Crippen LogP contribution in [0, 0.1) is 0 Å². The van der Waals surface area contributed by atoms with Crippen LogP contribution in [0.4, 0.5) is 5.69 Å². The van der Waals surface area contributed by atoms with Gasteiger partial charge < -0.3 is 11.1 Å². The van der Waals surface area contributed by atoms with Crippen LogP contribution < -0.4 is 11.1 Å². The molecule has 0 saturated heterocycles. The monoisotopic (exact) mass is 274 g/mol. The van der Waals surface area contributed by atoms with E-state index in [1.54, 1.807) is 0 Å². The lowest BCUT2D eigenvalue weighted by atomic mass is 9.80. The Bertz CT molecular complexity index is 462. The van der Waals surface area contributed by atoms with Crippen LogP contribution in [-0.2, 0) is 4.79 Å². The van der Waals surface area contributed by atoms with Gasteiger partial charge in [-0.1, -0.05) is 51.3 Å². The first-order valence-corrected chi connectivity index (χ1v) is 7.68.